The molecule has 0 aliphatic carbocycles. The average molecular weight is 263 g/mol. The summed E-state index contributed by atoms with van der Waals surface area (Å²) in [6.45, 7) is 10.7. The molecule has 1 atom stereocenters. The van der Waals surface area contributed by atoms with Crippen LogP contribution in [-0.2, 0) is 11.2 Å². The van der Waals surface area contributed by atoms with Gasteiger partial charge in [0.25, 0.3) is 0 Å². The predicted octanol–water partition coefficient (Wildman–Crippen LogP) is 3.58. The van der Waals surface area contributed by atoms with Crippen LogP contribution in [0.4, 0.5) is 0 Å². The maximum Gasteiger partial charge on any atom is 0.0465 e. The van der Waals surface area contributed by atoms with E-state index in [4.69, 9.17) is 4.74 Å². The van der Waals surface area contributed by atoms with Crippen molar-refractivity contribution < 1.29 is 4.74 Å². The maximum absolute atomic E-state index is 5.23. The second kappa shape index (κ2) is 7.66. The zero-order valence-electron chi connectivity index (χ0n) is 13.1. The van der Waals surface area contributed by atoms with Crippen LogP contribution in [0.25, 0.3) is 0 Å². The van der Waals surface area contributed by atoms with Crippen molar-refractivity contribution in [1.82, 2.24) is 5.32 Å². The first kappa shape index (κ1) is 16.2. The van der Waals surface area contributed by atoms with Gasteiger partial charge < -0.3 is 10.1 Å². The van der Waals surface area contributed by atoms with Gasteiger partial charge in [0.1, 0.15) is 0 Å². The number of aryl methyl sites for hydroxylation is 1. The quantitative estimate of drug-likeness (QED) is 0.812. The fourth-order valence-corrected chi connectivity index (χ4v) is 2.07. The molecule has 0 saturated carbocycles. The van der Waals surface area contributed by atoms with Crippen molar-refractivity contribution >= 4 is 0 Å². The van der Waals surface area contributed by atoms with Crippen LogP contribution in [0.1, 0.15) is 38.3 Å². The van der Waals surface area contributed by atoms with Crippen molar-refractivity contribution in [1.29, 1.82) is 0 Å². The van der Waals surface area contributed by atoms with Crippen LogP contribution in [0.15, 0.2) is 24.3 Å². The predicted molar refractivity (Wildman–Crippen MR) is 82.6 cm³/mol. The zero-order valence-corrected chi connectivity index (χ0v) is 13.1. The number of nitrogens with one attached hydrogen (secondary N) is 1. The van der Waals surface area contributed by atoms with Gasteiger partial charge in [0.05, 0.1) is 0 Å². The lowest BCUT2D eigenvalue weighted by Gasteiger charge is -2.25. The van der Waals surface area contributed by atoms with E-state index in [1.165, 1.54) is 11.1 Å². The van der Waals surface area contributed by atoms with Crippen molar-refractivity contribution in [2.24, 2.45) is 5.92 Å². The van der Waals surface area contributed by atoms with Gasteiger partial charge in [-0.1, -0.05) is 29.8 Å². The van der Waals surface area contributed by atoms with E-state index in [-0.39, 0.29) is 5.54 Å². The number of hydrogen-bond donors (Lipinski definition) is 1. The Kier molecular flexibility index (Phi) is 6.53. The summed E-state index contributed by atoms with van der Waals surface area (Å²) < 4.78 is 5.23. The van der Waals surface area contributed by atoms with E-state index in [1.54, 1.807) is 7.11 Å². The third kappa shape index (κ3) is 7.34. The third-order valence-corrected chi connectivity index (χ3v) is 3.30. The van der Waals surface area contributed by atoms with Gasteiger partial charge in [-0.3, -0.25) is 0 Å². The van der Waals surface area contributed by atoms with Gasteiger partial charge >= 0.3 is 0 Å². The Morgan fingerprint density at radius 2 is 1.79 bits per heavy atom. The molecule has 0 aliphatic heterocycles. The smallest absolute Gasteiger partial charge is 0.0465 e. The van der Waals surface area contributed by atoms with Crippen molar-refractivity contribution in [3.63, 3.8) is 0 Å². The van der Waals surface area contributed by atoms with Crippen LogP contribution in [-0.4, -0.2) is 25.8 Å². The number of benzene rings is 1. The fraction of sp³-hybridized carbons (Fsp3) is 0.647. The molecule has 1 rings (SSSR count). The Labute approximate surface area is 118 Å². The van der Waals surface area contributed by atoms with E-state index in [2.05, 4.69) is 57.3 Å². The standard InChI is InChI=1S/C17H29NO/c1-14-6-8-15(9-7-14)12-16(10-11-19-5)13-18-17(2,3)4/h6-9,16,18H,10-13H2,1-5H3. The summed E-state index contributed by atoms with van der Waals surface area (Å²) in [6, 6.07) is 8.87. The SMILES string of the molecule is COCCC(CNC(C)(C)C)Cc1ccc(C)cc1. The molecule has 0 amide bonds. The summed E-state index contributed by atoms with van der Waals surface area (Å²) in [5.41, 5.74) is 2.92. The van der Waals surface area contributed by atoms with Crippen molar-refractivity contribution in [3.8, 4) is 0 Å². The summed E-state index contributed by atoms with van der Waals surface area (Å²) >= 11 is 0. The van der Waals surface area contributed by atoms with Crippen LogP contribution in [0.5, 0.6) is 0 Å². The zero-order chi connectivity index (χ0) is 14.3. The van der Waals surface area contributed by atoms with E-state index in [0.29, 0.717) is 5.92 Å². The largest absolute Gasteiger partial charge is 0.385 e. The topological polar surface area (TPSA) is 21.3 Å². The van der Waals surface area contributed by atoms with Gasteiger partial charge in [-0.05, 0) is 58.6 Å². The molecule has 0 aliphatic rings. The highest BCUT2D eigenvalue weighted by molar-refractivity contribution is 5.21. The van der Waals surface area contributed by atoms with Crippen LogP contribution in [0, 0.1) is 12.8 Å². The monoisotopic (exact) mass is 263 g/mol. The highest BCUT2D eigenvalue weighted by Crippen LogP contribution is 2.14. The molecule has 1 aromatic carbocycles. The van der Waals surface area contributed by atoms with E-state index < -0.39 is 0 Å². The molecular weight excluding hydrogens is 234 g/mol. The van der Waals surface area contributed by atoms with Crippen LogP contribution < -0.4 is 5.32 Å². The highest BCUT2D eigenvalue weighted by atomic mass is 16.5. The minimum atomic E-state index is 0.179. The Bertz CT molecular complexity index is 351. The van der Waals surface area contributed by atoms with Gasteiger partial charge in [0, 0.05) is 19.3 Å². The maximum atomic E-state index is 5.23. The Hall–Kier alpha value is -0.860. The lowest BCUT2D eigenvalue weighted by atomic mass is 9.94. The molecule has 19 heavy (non-hydrogen) atoms. The lowest BCUT2D eigenvalue weighted by molar-refractivity contribution is 0.173. The van der Waals surface area contributed by atoms with E-state index in [0.717, 1.165) is 26.0 Å². The van der Waals surface area contributed by atoms with Crippen molar-refractivity contribution in [2.75, 3.05) is 20.3 Å². The van der Waals surface area contributed by atoms with Gasteiger partial charge in [0.15, 0.2) is 0 Å². The molecule has 1 aromatic rings. The summed E-state index contributed by atoms with van der Waals surface area (Å²) in [7, 11) is 1.78. The molecule has 0 radical (unpaired) electrons. The fourth-order valence-electron chi connectivity index (χ4n) is 2.07. The first-order valence-electron chi connectivity index (χ1n) is 7.20. The molecule has 0 spiro atoms. The molecule has 0 saturated heterocycles. The molecule has 0 fully saturated rings. The van der Waals surface area contributed by atoms with E-state index in [9.17, 15) is 0 Å². The van der Waals surface area contributed by atoms with Gasteiger partial charge in [-0.2, -0.15) is 0 Å². The Morgan fingerprint density at radius 1 is 1.16 bits per heavy atom. The van der Waals surface area contributed by atoms with E-state index >= 15 is 0 Å². The number of methoxy groups -OCH3 is 1. The summed E-state index contributed by atoms with van der Waals surface area (Å²) in [4.78, 5) is 0. The molecule has 108 valence electrons. The van der Waals surface area contributed by atoms with Crippen LogP contribution in [0.2, 0.25) is 0 Å². The van der Waals surface area contributed by atoms with Gasteiger partial charge in [0.2, 0.25) is 0 Å². The normalized spacial score (nSPS) is 13.5. The van der Waals surface area contributed by atoms with Crippen LogP contribution in [0.3, 0.4) is 0 Å². The first-order chi connectivity index (χ1) is 8.90. The molecule has 1 unspecified atom stereocenters. The summed E-state index contributed by atoms with van der Waals surface area (Å²) in [5, 5.41) is 3.61. The number of rotatable bonds is 7. The van der Waals surface area contributed by atoms with Gasteiger partial charge in [-0.25, -0.2) is 0 Å². The van der Waals surface area contributed by atoms with Crippen molar-refractivity contribution in [3.05, 3.63) is 35.4 Å². The number of ether oxygens (including phenoxy) is 1. The minimum Gasteiger partial charge on any atom is -0.385 e. The second-order valence-corrected chi connectivity index (χ2v) is 6.47. The van der Waals surface area contributed by atoms with Gasteiger partial charge in [-0.15, -0.1) is 0 Å². The number of hydrogen-bond acceptors (Lipinski definition) is 2. The molecule has 0 bridgehead atoms. The lowest BCUT2D eigenvalue weighted by Crippen LogP contribution is -2.39. The van der Waals surface area contributed by atoms with Crippen molar-refractivity contribution in [2.45, 2.75) is 46.1 Å². The first-order valence-corrected chi connectivity index (χ1v) is 7.20. The summed E-state index contributed by atoms with van der Waals surface area (Å²) in [5.74, 6) is 0.627. The Balaban J connectivity index is 2.55. The second-order valence-electron chi connectivity index (χ2n) is 6.47. The molecule has 0 heterocycles. The molecule has 2 heteroatoms. The molecule has 2 nitrogen and oxygen atoms in total. The van der Waals surface area contributed by atoms with Crippen LogP contribution >= 0.6 is 0 Å². The minimum absolute atomic E-state index is 0.179. The molecular formula is C17H29NO. The Morgan fingerprint density at radius 3 is 2.32 bits per heavy atom. The summed E-state index contributed by atoms with van der Waals surface area (Å²) in [6.07, 6.45) is 2.22. The molecule has 1 N–H and O–H groups in total. The third-order valence-electron chi connectivity index (χ3n) is 3.30. The average Bonchev–Trinajstić information content (AvgIpc) is 2.34. The van der Waals surface area contributed by atoms with E-state index in [1.807, 2.05) is 0 Å². The highest BCUT2D eigenvalue weighted by Gasteiger charge is 2.14. The molecule has 0 aromatic heterocycles.